The Morgan fingerprint density at radius 2 is 1.92 bits per heavy atom. The van der Waals surface area contributed by atoms with Crippen molar-refractivity contribution in [2.45, 2.75) is 37.3 Å². The zero-order chi connectivity index (χ0) is 18.5. The molecule has 3 rings (SSSR count). The third-order valence-electron chi connectivity index (χ3n) is 3.96. The maximum atomic E-state index is 11.9. The molecule has 138 valence electrons. The minimum absolute atomic E-state index is 0.0869. The summed E-state index contributed by atoms with van der Waals surface area (Å²) in [6.45, 7) is 1.91. The molecule has 2 saturated heterocycles. The topological polar surface area (TPSA) is 84.9 Å². The third-order valence-corrected chi connectivity index (χ3v) is 3.96. The van der Waals surface area contributed by atoms with Gasteiger partial charge in [-0.2, -0.15) is 13.2 Å². The highest BCUT2D eigenvalue weighted by molar-refractivity contribution is 5.76. The van der Waals surface area contributed by atoms with E-state index in [9.17, 15) is 18.0 Å². The Labute approximate surface area is 141 Å². The highest BCUT2D eigenvalue weighted by Crippen LogP contribution is 2.34. The van der Waals surface area contributed by atoms with Crippen LogP contribution in [0.3, 0.4) is 0 Å². The zero-order valence-corrected chi connectivity index (χ0v) is 13.2. The van der Waals surface area contributed by atoms with Crippen molar-refractivity contribution < 1.29 is 37.3 Å². The molecule has 0 aliphatic carbocycles. The van der Waals surface area contributed by atoms with Crippen molar-refractivity contribution >= 4 is 11.9 Å². The van der Waals surface area contributed by atoms with Gasteiger partial charge in [-0.15, -0.1) is 0 Å². The fourth-order valence-electron chi connectivity index (χ4n) is 2.51. The summed E-state index contributed by atoms with van der Waals surface area (Å²) in [5.41, 5.74) is 0.926. The molecular weight excluding hydrogens is 343 g/mol. The second kappa shape index (κ2) is 7.83. The van der Waals surface area contributed by atoms with Crippen LogP contribution in [0.15, 0.2) is 30.3 Å². The first kappa shape index (κ1) is 19.2. The maximum absolute atomic E-state index is 11.9. The second-order valence-corrected chi connectivity index (χ2v) is 5.82. The van der Waals surface area contributed by atoms with Crippen LogP contribution in [0.4, 0.5) is 13.2 Å². The van der Waals surface area contributed by atoms with Gasteiger partial charge in [0.1, 0.15) is 12.6 Å². The Morgan fingerprint density at radius 1 is 1.32 bits per heavy atom. The van der Waals surface area contributed by atoms with Gasteiger partial charge in [0.2, 0.25) is 0 Å². The number of esters is 1. The molecule has 0 saturated carbocycles. The van der Waals surface area contributed by atoms with E-state index >= 15 is 0 Å². The fraction of sp³-hybridized carbons (Fsp3) is 0.500. The number of rotatable bonds is 3. The van der Waals surface area contributed by atoms with Gasteiger partial charge in [-0.3, -0.25) is 4.79 Å². The van der Waals surface area contributed by atoms with Crippen molar-refractivity contribution in [1.29, 1.82) is 0 Å². The van der Waals surface area contributed by atoms with Crippen molar-refractivity contribution in [2.75, 3.05) is 13.2 Å². The molecule has 0 bridgehead atoms. The molecule has 2 N–H and O–H groups in total. The van der Waals surface area contributed by atoms with Gasteiger partial charge in [-0.25, -0.2) is 4.79 Å². The van der Waals surface area contributed by atoms with Crippen molar-refractivity contribution in [1.82, 2.24) is 5.32 Å². The van der Waals surface area contributed by atoms with Crippen LogP contribution < -0.4 is 5.32 Å². The molecular formula is C16H18F3NO5. The van der Waals surface area contributed by atoms with E-state index in [1.807, 2.05) is 30.3 Å². The lowest BCUT2D eigenvalue weighted by Gasteiger charge is -2.37. The third kappa shape index (κ3) is 5.43. The van der Waals surface area contributed by atoms with Gasteiger partial charge in [0.25, 0.3) is 0 Å². The molecule has 2 aliphatic rings. The van der Waals surface area contributed by atoms with Crippen molar-refractivity contribution in [2.24, 2.45) is 0 Å². The molecule has 0 aromatic heterocycles. The van der Waals surface area contributed by atoms with Crippen LogP contribution in [0.25, 0.3) is 0 Å². The number of halogens is 3. The number of aliphatic carboxylic acids is 1. The lowest BCUT2D eigenvalue weighted by atomic mass is 9.92. The van der Waals surface area contributed by atoms with E-state index in [1.54, 1.807) is 0 Å². The molecule has 2 heterocycles. The predicted octanol–water partition coefficient (Wildman–Crippen LogP) is 1.88. The number of carbonyl (C=O) groups is 2. The van der Waals surface area contributed by atoms with Crippen molar-refractivity contribution in [3.63, 3.8) is 0 Å². The molecule has 0 amide bonds. The van der Waals surface area contributed by atoms with Crippen LogP contribution in [0.2, 0.25) is 0 Å². The Kier molecular flexibility index (Phi) is 6.02. The van der Waals surface area contributed by atoms with Crippen molar-refractivity contribution in [3.8, 4) is 0 Å². The normalized spacial score (nSPS) is 24.8. The standard InChI is InChI=1S/C14H17NO3.C2HF3O2/c16-13(17-9-11-4-2-1-3-5-11)12-8-14(10-15-12)6-7-18-14;3-2(4,5)1(6)7/h1-5,12,15H,6-10H2;(H,6,7)/t12-,14?;/m0./s1. The number of nitrogens with one attached hydrogen (secondary N) is 1. The number of hydrogen-bond acceptors (Lipinski definition) is 5. The van der Waals surface area contributed by atoms with Gasteiger partial charge in [0.05, 0.1) is 12.2 Å². The van der Waals surface area contributed by atoms with Crippen LogP contribution in [0, 0.1) is 0 Å². The van der Waals surface area contributed by atoms with Crippen molar-refractivity contribution in [3.05, 3.63) is 35.9 Å². The average molecular weight is 361 g/mol. The Bertz CT molecular complexity index is 602. The highest BCUT2D eigenvalue weighted by atomic mass is 19.4. The molecule has 2 fully saturated rings. The minimum Gasteiger partial charge on any atom is -0.475 e. The molecule has 2 atom stereocenters. The van der Waals surface area contributed by atoms with E-state index < -0.39 is 12.1 Å². The molecule has 1 aromatic carbocycles. The SMILES string of the molecule is O=C(O)C(F)(F)F.O=C(OCc1ccccc1)[C@@H]1CC2(CCO2)CN1. The smallest absolute Gasteiger partial charge is 0.475 e. The van der Waals surface area contributed by atoms with E-state index in [0.717, 1.165) is 31.6 Å². The molecule has 6 nitrogen and oxygen atoms in total. The largest absolute Gasteiger partial charge is 0.490 e. The van der Waals surface area contributed by atoms with Gasteiger partial charge in [0.15, 0.2) is 0 Å². The van der Waals surface area contributed by atoms with Crippen LogP contribution >= 0.6 is 0 Å². The zero-order valence-electron chi connectivity index (χ0n) is 13.2. The summed E-state index contributed by atoms with van der Waals surface area (Å²) in [4.78, 5) is 20.8. The lowest BCUT2D eigenvalue weighted by Crippen LogP contribution is -2.45. The molecule has 1 unspecified atom stereocenters. The number of alkyl halides is 3. The first-order valence-electron chi connectivity index (χ1n) is 7.60. The summed E-state index contributed by atoms with van der Waals surface area (Å²) in [7, 11) is 0. The molecule has 9 heteroatoms. The van der Waals surface area contributed by atoms with Gasteiger partial charge in [-0.05, 0) is 5.56 Å². The summed E-state index contributed by atoms with van der Waals surface area (Å²) in [5.74, 6) is -2.93. The van der Waals surface area contributed by atoms with Crippen LogP contribution in [0.1, 0.15) is 18.4 Å². The van der Waals surface area contributed by atoms with E-state index in [-0.39, 0.29) is 17.6 Å². The number of benzene rings is 1. The molecule has 2 aliphatic heterocycles. The van der Waals surface area contributed by atoms with E-state index in [2.05, 4.69) is 5.32 Å². The average Bonchev–Trinajstić information content (AvgIpc) is 2.99. The van der Waals surface area contributed by atoms with Crippen LogP contribution in [-0.2, 0) is 25.7 Å². The van der Waals surface area contributed by atoms with Crippen LogP contribution in [0.5, 0.6) is 0 Å². The summed E-state index contributed by atoms with van der Waals surface area (Å²) in [6.07, 6.45) is -3.30. The fourth-order valence-corrected chi connectivity index (χ4v) is 2.51. The molecule has 1 spiro atoms. The van der Waals surface area contributed by atoms with E-state index in [1.165, 1.54) is 0 Å². The highest BCUT2D eigenvalue weighted by Gasteiger charge is 2.47. The van der Waals surface area contributed by atoms with E-state index in [4.69, 9.17) is 19.4 Å². The van der Waals surface area contributed by atoms with Gasteiger partial charge < -0.3 is 19.9 Å². The summed E-state index contributed by atoms with van der Waals surface area (Å²) in [5, 5.41) is 10.3. The van der Waals surface area contributed by atoms with Gasteiger partial charge >= 0.3 is 18.1 Å². The maximum Gasteiger partial charge on any atom is 0.490 e. The van der Waals surface area contributed by atoms with Gasteiger partial charge in [0, 0.05) is 19.4 Å². The molecule has 0 radical (unpaired) electrons. The molecule has 25 heavy (non-hydrogen) atoms. The number of ether oxygens (including phenoxy) is 2. The minimum atomic E-state index is -5.08. The first-order valence-corrected chi connectivity index (χ1v) is 7.60. The number of carboxylic acid groups (broad SMARTS) is 1. The summed E-state index contributed by atoms with van der Waals surface area (Å²) < 4.78 is 42.6. The number of carbonyl (C=O) groups excluding carboxylic acids is 1. The van der Waals surface area contributed by atoms with Gasteiger partial charge in [-0.1, -0.05) is 30.3 Å². The summed E-state index contributed by atoms with van der Waals surface area (Å²) >= 11 is 0. The quantitative estimate of drug-likeness (QED) is 0.800. The Balaban J connectivity index is 0.000000277. The van der Waals surface area contributed by atoms with E-state index in [0.29, 0.717) is 6.61 Å². The number of hydrogen-bond donors (Lipinski definition) is 2. The lowest BCUT2D eigenvalue weighted by molar-refractivity contribution is -0.192. The number of carboxylic acids is 1. The first-order chi connectivity index (χ1) is 11.7. The monoisotopic (exact) mass is 361 g/mol. The Morgan fingerprint density at radius 3 is 2.36 bits per heavy atom. The Hall–Kier alpha value is -2.13. The predicted molar refractivity (Wildman–Crippen MR) is 79.6 cm³/mol. The second-order valence-electron chi connectivity index (χ2n) is 5.82. The summed E-state index contributed by atoms with van der Waals surface area (Å²) in [6, 6.07) is 9.51. The molecule has 1 aromatic rings. The van der Waals surface area contributed by atoms with Crippen LogP contribution in [-0.4, -0.2) is 48.0 Å².